The molecule has 0 saturated heterocycles. The van der Waals surface area contributed by atoms with Crippen molar-refractivity contribution in [2.24, 2.45) is 0 Å². The van der Waals surface area contributed by atoms with Crippen LogP contribution in [-0.4, -0.2) is 0 Å². The molecule has 12 aromatic rings. The van der Waals surface area contributed by atoms with E-state index < -0.39 is 5.41 Å². The maximum Gasteiger partial charge on any atom is 0.143 e. The summed E-state index contributed by atoms with van der Waals surface area (Å²) in [7, 11) is 0. The van der Waals surface area contributed by atoms with Crippen LogP contribution < -0.4 is 4.90 Å². The zero-order valence-electron chi connectivity index (χ0n) is 37.8. The smallest absolute Gasteiger partial charge is 0.143 e. The van der Waals surface area contributed by atoms with Crippen molar-refractivity contribution in [3.63, 3.8) is 0 Å². The van der Waals surface area contributed by atoms with E-state index in [1.165, 1.54) is 66.8 Å². The van der Waals surface area contributed by atoms with E-state index >= 15 is 0 Å². The Kier molecular flexibility index (Phi) is 9.77. The Morgan fingerprint density at radius 2 is 0.681 bits per heavy atom. The first kappa shape index (κ1) is 40.3. The van der Waals surface area contributed by atoms with Crippen LogP contribution in [0.1, 0.15) is 22.3 Å². The van der Waals surface area contributed by atoms with E-state index in [9.17, 15) is 0 Å². The minimum atomic E-state index is -0.461. The molecule has 2 nitrogen and oxygen atoms in total. The van der Waals surface area contributed by atoms with Crippen molar-refractivity contribution in [2.45, 2.75) is 5.41 Å². The molecule has 0 aliphatic heterocycles. The minimum Gasteiger partial charge on any atom is -0.455 e. The van der Waals surface area contributed by atoms with Gasteiger partial charge in [-0.3, -0.25) is 0 Å². The van der Waals surface area contributed by atoms with Gasteiger partial charge in [0.25, 0.3) is 0 Å². The van der Waals surface area contributed by atoms with E-state index in [-0.39, 0.29) is 0 Å². The number of para-hydroxylation sites is 2. The van der Waals surface area contributed by atoms with Gasteiger partial charge in [-0.2, -0.15) is 0 Å². The molecule has 0 atom stereocenters. The summed E-state index contributed by atoms with van der Waals surface area (Å²) in [5.41, 5.74) is 21.6. The molecule has 2 heteroatoms. The third kappa shape index (κ3) is 6.64. The van der Waals surface area contributed by atoms with Crippen molar-refractivity contribution in [1.29, 1.82) is 0 Å². The Labute approximate surface area is 402 Å². The summed E-state index contributed by atoms with van der Waals surface area (Å²) in [5, 5.41) is 2.26. The molecule has 0 N–H and O–H groups in total. The number of benzene rings is 11. The average Bonchev–Trinajstić information content (AvgIpc) is 3.97. The van der Waals surface area contributed by atoms with Crippen LogP contribution in [0.25, 0.3) is 77.6 Å². The maximum absolute atomic E-state index is 6.48. The van der Waals surface area contributed by atoms with Crippen molar-refractivity contribution in [3.05, 3.63) is 295 Å². The van der Waals surface area contributed by atoms with Crippen LogP contribution in [0.4, 0.5) is 17.1 Å². The summed E-state index contributed by atoms with van der Waals surface area (Å²) < 4.78 is 6.48. The highest BCUT2D eigenvalue weighted by Crippen LogP contribution is 2.58. The van der Waals surface area contributed by atoms with Gasteiger partial charge in [-0.15, -0.1) is 0 Å². The Balaban J connectivity index is 0.927. The van der Waals surface area contributed by atoms with Crippen LogP contribution >= 0.6 is 0 Å². The molecule has 1 heterocycles. The lowest BCUT2D eigenvalue weighted by Gasteiger charge is -2.34. The van der Waals surface area contributed by atoms with Gasteiger partial charge in [0.1, 0.15) is 11.2 Å². The third-order valence-electron chi connectivity index (χ3n) is 14.2. The van der Waals surface area contributed by atoms with E-state index in [1.807, 2.05) is 12.1 Å². The normalized spacial score (nSPS) is 12.5. The summed E-state index contributed by atoms with van der Waals surface area (Å²) in [6.07, 6.45) is 0. The van der Waals surface area contributed by atoms with Crippen molar-refractivity contribution < 1.29 is 4.42 Å². The summed E-state index contributed by atoms with van der Waals surface area (Å²) in [6.45, 7) is 0. The zero-order valence-corrected chi connectivity index (χ0v) is 37.8. The summed E-state index contributed by atoms with van der Waals surface area (Å²) >= 11 is 0. The van der Waals surface area contributed by atoms with Gasteiger partial charge in [-0.05, 0) is 115 Å². The number of hydrogen-bond acceptors (Lipinski definition) is 2. The largest absolute Gasteiger partial charge is 0.455 e. The molecule has 1 aliphatic rings. The fraction of sp³-hybridized carbons (Fsp3) is 0.0149. The zero-order chi connectivity index (χ0) is 45.7. The molecule has 0 amide bonds. The highest BCUT2D eigenvalue weighted by atomic mass is 16.3. The fourth-order valence-corrected chi connectivity index (χ4v) is 11.1. The molecule has 69 heavy (non-hydrogen) atoms. The van der Waals surface area contributed by atoms with E-state index in [2.05, 4.69) is 266 Å². The van der Waals surface area contributed by atoms with E-state index in [0.29, 0.717) is 0 Å². The second-order valence-corrected chi connectivity index (χ2v) is 17.9. The third-order valence-corrected chi connectivity index (χ3v) is 14.2. The van der Waals surface area contributed by atoms with Gasteiger partial charge in [0.15, 0.2) is 0 Å². The SMILES string of the molecule is c1ccc(-c2ccccc2-c2ccc(N(c3ccc(-c4cccc5c4-c4ccccc4C5(c4ccccc4)c4ccccc4)cc3)c3ccc(-c4cccc5c4oc4ccccc45)cc3)cc2)cc1. The van der Waals surface area contributed by atoms with Crippen molar-refractivity contribution in [3.8, 4) is 55.6 Å². The first-order valence-electron chi connectivity index (χ1n) is 23.7. The number of rotatable bonds is 9. The second kappa shape index (κ2) is 16.7. The number of hydrogen-bond donors (Lipinski definition) is 0. The number of anilines is 3. The molecular weight excluding hydrogens is 835 g/mol. The summed E-state index contributed by atoms with van der Waals surface area (Å²) in [4.78, 5) is 2.36. The first-order valence-corrected chi connectivity index (χ1v) is 23.7. The molecule has 0 bridgehead atoms. The molecule has 1 aliphatic carbocycles. The lowest BCUT2D eigenvalue weighted by molar-refractivity contribution is 0.670. The Morgan fingerprint density at radius 3 is 1.29 bits per heavy atom. The average molecular weight is 880 g/mol. The van der Waals surface area contributed by atoms with Gasteiger partial charge >= 0.3 is 0 Å². The van der Waals surface area contributed by atoms with Crippen LogP contribution in [0.2, 0.25) is 0 Å². The topological polar surface area (TPSA) is 16.4 Å². The van der Waals surface area contributed by atoms with Gasteiger partial charge < -0.3 is 9.32 Å². The summed E-state index contributed by atoms with van der Waals surface area (Å²) in [5.74, 6) is 0. The van der Waals surface area contributed by atoms with Crippen LogP contribution in [-0.2, 0) is 5.41 Å². The van der Waals surface area contributed by atoms with Crippen molar-refractivity contribution >= 4 is 39.0 Å². The molecule has 324 valence electrons. The van der Waals surface area contributed by atoms with Gasteiger partial charge in [0.05, 0.1) is 5.41 Å². The molecule has 0 radical (unpaired) electrons. The fourth-order valence-electron chi connectivity index (χ4n) is 11.1. The number of fused-ring (bicyclic) bond motifs is 6. The highest BCUT2D eigenvalue weighted by Gasteiger charge is 2.46. The quantitative estimate of drug-likeness (QED) is 0.144. The lowest BCUT2D eigenvalue weighted by atomic mass is 9.67. The standard InChI is InChI=1S/C67H45NO/c1-4-18-46(19-5-1)55-24-10-11-25-56(55)47-34-40-52(41-35-47)68(54-44-38-49(39-45-54)58-29-16-30-60-59-26-13-15-33-64(59)69-66(58)60)53-42-36-48(37-43-53)57-28-17-32-63-65(57)61-27-12-14-31-62(61)67(63,50-20-6-2-7-21-50)51-22-8-3-9-23-51/h1-45H. The van der Waals surface area contributed by atoms with Crippen LogP contribution in [0.15, 0.2) is 277 Å². The molecule has 0 saturated carbocycles. The van der Waals surface area contributed by atoms with E-state index in [1.54, 1.807) is 0 Å². The Morgan fingerprint density at radius 1 is 0.275 bits per heavy atom. The van der Waals surface area contributed by atoms with Gasteiger partial charge in [0.2, 0.25) is 0 Å². The van der Waals surface area contributed by atoms with Crippen LogP contribution in [0, 0.1) is 0 Å². The van der Waals surface area contributed by atoms with Crippen molar-refractivity contribution in [1.82, 2.24) is 0 Å². The van der Waals surface area contributed by atoms with Gasteiger partial charge in [-0.25, -0.2) is 0 Å². The van der Waals surface area contributed by atoms with Crippen molar-refractivity contribution in [2.75, 3.05) is 4.90 Å². The van der Waals surface area contributed by atoms with Gasteiger partial charge in [-0.1, -0.05) is 231 Å². The molecule has 0 spiro atoms. The second-order valence-electron chi connectivity index (χ2n) is 17.9. The molecule has 11 aromatic carbocycles. The Hall–Kier alpha value is -8.98. The van der Waals surface area contributed by atoms with E-state index in [0.717, 1.165) is 50.1 Å². The van der Waals surface area contributed by atoms with Crippen LogP contribution in [0.5, 0.6) is 0 Å². The predicted molar refractivity (Wildman–Crippen MR) is 287 cm³/mol. The van der Waals surface area contributed by atoms with Gasteiger partial charge in [0, 0.05) is 33.4 Å². The minimum absolute atomic E-state index is 0.461. The number of furan rings is 1. The number of nitrogens with zero attached hydrogens (tertiary/aromatic N) is 1. The molecule has 0 fully saturated rings. The Bertz CT molecular complexity index is 3760. The predicted octanol–water partition coefficient (Wildman–Crippen LogP) is 18.1. The monoisotopic (exact) mass is 879 g/mol. The molecule has 13 rings (SSSR count). The van der Waals surface area contributed by atoms with E-state index in [4.69, 9.17) is 4.42 Å². The molecule has 1 aromatic heterocycles. The molecule has 0 unspecified atom stereocenters. The first-order chi connectivity index (χ1) is 34.2. The maximum atomic E-state index is 6.48. The molecular formula is C67H45NO. The summed E-state index contributed by atoms with van der Waals surface area (Å²) in [6, 6.07) is 99.0. The van der Waals surface area contributed by atoms with Crippen LogP contribution in [0.3, 0.4) is 0 Å². The lowest BCUT2D eigenvalue weighted by Crippen LogP contribution is -2.28. The highest BCUT2D eigenvalue weighted by molar-refractivity contribution is 6.09.